The van der Waals surface area contributed by atoms with Gasteiger partial charge >= 0.3 is 11.9 Å². The molecule has 4 aliphatic rings. The second-order valence-electron chi connectivity index (χ2n) is 9.80. The Labute approximate surface area is 172 Å². The number of fused-ring (bicyclic) bond motifs is 3. The second-order valence-corrected chi connectivity index (χ2v) is 9.80. The summed E-state index contributed by atoms with van der Waals surface area (Å²) in [6.07, 6.45) is 5.45. The Hall–Kier alpha value is -1.82. The van der Waals surface area contributed by atoms with E-state index < -0.39 is 23.3 Å². The van der Waals surface area contributed by atoms with Crippen LogP contribution in [0.3, 0.4) is 0 Å². The van der Waals surface area contributed by atoms with Crippen LogP contribution in [0.1, 0.15) is 65.7 Å². The molecule has 0 bridgehead atoms. The maximum absolute atomic E-state index is 12.9. The molecule has 0 N–H and O–H groups in total. The highest BCUT2D eigenvalue weighted by atomic mass is 16.7. The Morgan fingerprint density at radius 1 is 1.21 bits per heavy atom. The van der Waals surface area contributed by atoms with Gasteiger partial charge in [-0.25, -0.2) is 4.79 Å². The van der Waals surface area contributed by atoms with E-state index >= 15 is 0 Å². The van der Waals surface area contributed by atoms with Gasteiger partial charge in [0.05, 0.1) is 12.7 Å². The van der Waals surface area contributed by atoms with E-state index in [0.717, 1.165) is 32.1 Å². The predicted octanol–water partition coefficient (Wildman–Crippen LogP) is 4.04. The third-order valence-electron chi connectivity index (χ3n) is 8.58. The van der Waals surface area contributed by atoms with Crippen LogP contribution in [0.5, 0.6) is 0 Å². The Bertz CT molecular complexity index is 814. The van der Waals surface area contributed by atoms with Crippen LogP contribution in [-0.2, 0) is 28.5 Å². The van der Waals surface area contributed by atoms with E-state index in [1.165, 1.54) is 19.8 Å². The lowest BCUT2D eigenvalue weighted by molar-refractivity contribution is -0.240. The molecule has 2 saturated carbocycles. The van der Waals surface area contributed by atoms with Crippen LogP contribution in [0.2, 0.25) is 0 Å². The molecule has 0 amide bonds. The average Bonchev–Trinajstić information content (AvgIpc) is 2.93. The Kier molecular flexibility index (Phi) is 4.47. The molecule has 0 aromatic heterocycles. The summed E-state index contributed by atoms with van der Waals surface area (Å²) in [5.74, 6) is -1.80. The Morgan fingerprint density at radius 3 is 2.59 bits per heavy atom. The van der Waals surface area contributed by atoms with Crippen LogP contribution in [0, 0.1) is 16.7 Å². The molecule has 160 valence electrons. The fraction of sp³-hybridized carbons (Fsp3) is 0.739. The minimum absolute atomic E-state index is 0.0564. The van der Waals surface area contributed by atoms with Gasteiger partial charge in [0.25, 0.3) is 5.79 Å². The van der Waals surface area contributed by atoms with Crippen LogP contribution in [0.4, 0.5) is 0 Å². The van der Waals surface area contributed by atoms with Crippen LogP contribution in [0.15, 0.2) is 23.5 Å². The van der Waals surface area contributed by atoms with Crippen molar-refractivity contribution in [3.63, 3.8) is 0 Å². The number of cyclic esters (lactones) is 1. The summed E-state index contributed by atoms with van der Waals surface area (Å²) in [6, 6.07) is 0. The molecule has 29 heavy (non-hydrogen) atoms. The lowest BCUT2D eigenvalue weighted by Gasteiger charge is -2.64. The smallest absolute Gasteiger partial charge is 0.340 e. The van der Waals surface area contributed by atoms with E-state index in [1.54, 1.807) is 0 Å². The van der Waals surface area contributed by atoms with Crippen molar-refractivity contribution in [2.24, 2.45) is 16.7 Å². The highest BCUT2D eigenvalue weighted by Crippen LogP contribution is 2.68. The van der Waals surface area contributed by atoms with Gasteiger partial charge in [0.15, 0.2) is 5.76 Å². The number of carbonyl (C=O) groups is 2. The van der Waals surface area contributed by atoms with Gasteiger partial charge in [-0.05, 0) is 56.8 Å². The third kappa shape index (κ3) is 2.57. The molecular formula is C23H32O6. The van der Waals surface area contributed by atoms with Crippen molar-refractivity contribution in [1.29, 1.82) is 0 Å². The van der Waals surface area contributed by atoms with E-state index in [-0.39, 0.29) is 17.3 Å². The normalized spacial score (nSPS) is 43.7. The zero-order valence-electron chi connectivity index (χ0n) is 18.2. The molecule has 2 fully saturated rings. The molecule has 0 radical (unpaired) electrons. The minimum Gasteiger partial charge on any atom is -0.484 e. The van der Waals surface area contributed by atoms with Crippen molar-refractivity contribution in [2.75, 3.05) is 14.2 Å². The number of allylic oxidation sites excluding steroid dienone is 1. The molecule has 5 atom stereocenters. The number of esters is 2. The van der Waals surface area contributed by atoms with Crippen molar-refractivity contribution in [2.45, 2.75) is 77.1 Å². The van der Waals surface area contributed by atoms with Gasteiger partial charge in [-0.1, -0.05) is 26.0 Å². The van der Waals surface area contributed by atoms with Gasteiger partial charge in [-0.15, -0.1) is 0 Å². The van der Waals surface area contributed by atoms with E-state index in [9.17, 15) is 9.59 Å². The van der Waals surface area contributed by atoms with Crippen LogP contribution in [0.25, 0.3) is 0 Å². The maximum Gasteiger partial charge on any atom is 0.340 e. The molecule has 6 nitrogen and oxygen atoms in total. The van der Waals surface area contributed by atoms with Gasteiger partial charge in [0.2, 0.25) is 0 Å². The van der Waals surface area contributed by atoms with Gasteiger partial charge in [0.1, 0.15) is 12.0 Å². The lowest BCUT2D eigenvalue weighted by Crippen LogP contribution is -2.62. The molecule has 0 unspecified atom stereocenters. The van der Waals surface area contributed by atoms with Crippen molar-refractivity contribution < 1.29 is 28.5 Å². The summed E-state index contributed by atoms with van der Waals surface area (Å²) in [4.78, 5) is 24.9. The molecule has 2 aliphatic heterocycles. The van der Waals surface area contributed by atoms with E-state index in [4.69, 9.17) is 18.9 Å². The van der Waals surface area contributed by atoms with Gasteiger partial charge in [-0.2, -0.15) is 0 Å². The zero-order chi connectivity index (χ0) is 21.2. The fourth-order valence-electron chi connectivity index (χ4n) is 6.42. The van der Waals surface area contributed by atoms with Gasteiger partial charge in [0, 0.05) is 12.5 Å². The second kappa shape index (κ2) is 6.34. The van der Waals surface area contributed by atoms with Crippen LogP contribution in [-0.4, -0.2) is 37.5 Å². The van der Waals surface area contributed by atoms with Crippen LogP contribution >= 0.6 is 0 Å². The number of rotatable bonds is 3. The molecule has 0 aromatic carbocycles. The first kappa shape index (κ1) is 20.5. The summed E-state index contributed by atoms with van der Waals surface area (Å²) in [6.45, 7) is 11.1. The fourth-order valence-corrected chi connectivity index (χ4v) is 6.42. The topological polar surface area (TPSA) is 71.1 Å². The van der Waals surface area contributed by atoms with Crippen LogP contribution < -0.4 is 0 Å². The van der Waals surface area contributed by atoms with Gasteiger partial charge < -0.3 is 18.9 Å². The molecule has 2 aliphatic carbocycles. The summed E-state index contributed by atoms with van der Waals surface area (Å²) >= 11 is 0. The minimum atomic E-state index is -1.54. The molecule has 2 heterocycles. The standard InChI is InChI=1S/C23H32O6/c1-14-8-7-9-16-20(14,2)10-11-22(4)21(16,3)12-15-18(28-22)23(27-6,29-19(15)25)13-17(24)26-5/h16H,1,7-13H2,2-6H3/t16-,20-,21+,22-,23+/m1/s1. The number of methoxy groups -OCH3 is 2. The van der Waals surface area contributed by atoms with Crippen molar-refractivity contribution in [1.82, 2.24) is 0 Å². The van der Waals surface area contributed by atoms with Crippen molar-refractivity contribution in [3.8, 4) is 0 Å². The average molecular weight is 405 g/mol. The maximum atomic E-state index is 12.9. The summed E-state index contributed by atoms with van der Waals surface area (Å²) in [7, 11) is 2.73. The molecule has 6 heteroatoms. The number of carbonyl (C=O) groups excluding carboxylic acids is 2. The van der Waals surface area contributed by atoms with Gasteiger partial charge in [-0.3, -0.25) is 4.79 Å². The number of hydrogen-bond acceptors (Lipinski definition) is 6. The van der Waals surface area contributed by atoms with Crippen molar-refractivity contribution >= 4 is 11.9 Å². The SMILES string of the molecule is C=C1CCC[C@H]2[C@]3(C)CC4=C(O[C@]3(C)CC[C@]12C)[C@@](CC(=O)OC)(OC)OC4=O. The number of hydrogen-bond donors (Lipinski definition) is 0. The summed E-state index contributed by atoms with van der Waals surface area (Å²) in [5.41, 5.74) is 1.15. The quantitative estimate of drug-likeness (QED) is 0.522. The highest BCUT2D eigenvalue weighted by molar-refractivity contribution is 5.93. The lowest BCUT2D eigenvalue weighted by atomic mass is 9.44. The molecule has 4 rings (SSSR count). The first-order chi connectivity index (χ1) is 13.6. The monoisotopic (exact) mass is 404 g/mol. The van der Waals surface area contributed by atoms with E-state index in [2.05, 4.69) is 27.4 Å². The largest absolute Gasteiger partial charge is 0.484 e. The molecule has 0 saturated heterocycles. The predicted molar refractivity (Wildman–Crippen MR) is 106 cm³/mol. The molecule has 0 aromatic rings. The van der Waals surface area contributed by atoms with E-state index in [0.29, 0.717) is 23.7 Å². The summed E-state index contributed by atoms with van der Waals surface area (Å²) < 4.78 is 22.6. The first-order valence-electron chi connectivity index (χ1n) is 10.5. The Balaban J connectivity index is 1.79. The first-order valence-corrected chi connectivity index (χ1v) is 10.5. The molecular weight excluding hydrogens is 372 g/mol. The number of ether oxygens (including phenoxy) is 4. The highest BCUT2D eigenvalue weighted by Gasteiger charge is 2.67. The van der Waals surface area contributed by atoms with E-state index in [1.807, 2.05) is 0 Å². The molecule has 0 spiro atoms. The summed E-state index contributed by atoms with van der Waals surface area (Å²) in [5, 5.41) is 0. The third-order valence-corrected chi connectivity index (χ3v) is 8.58. The zero-order valence-corrected chi connectivity index (χ0v) is 18.2. The van der Waals surface area contributed by atoms with Crippen molar-refractivity contribution in [3.05, 3.63) is 23.5 Å². The Morgan fingerprint density at radius 2 is 1.93 bits per heavy atom.